The van der Waals surface area contributed by atoms with E-state index in [-0.39, 0.29) is 6.42 Å². The molecule has 0 bridgehead atoms. The number of carboxylic acid groups (broad SMARTS) is 1. The van der Waals surface area contributed by atoms with Crippen molar-refractivity contribution in [3.63, 3.8) is 0 Å². The maximum absolute atomic E-state index is 10.0. The molecule has 1 rings (SSSR count). The zero-order chi connectivity index (χ0) is 8.97. The lowest BCUT2D eigenvalue weighted by molar-refractivity contribution is -0.135. The number of nitrogens with one attached hydrogen (secondary N) is 1. The molecule has 1 aromatic heterocycles. The maximum atomic E-state index is 10.0. The molecule has 0 amide bonds. The number of aromatic amines is 1. The van der Waals surface area contributed by atoms with E-state index in [0.29, 0.717) is 11.5 Å². The van der Waals surface area contributed by atoms with Gasteiger partial charge < -0.3 is 10.8 Å². The summed E-state index contributed by atoms with van der Waals surface area (Å²) < 4.78 is 0. The highest BCUT2D eigenvalue weighted by atomic mass is 16.4. The van der Waals surface area contributed by atoms with Gasteiger partial charge in [0.1, 0.15) is 17.9 Å². The predicted octanol–water partition coefficient (Wildman–Crippen LogP) is -0.182. The van der Waals surface area contributed by atoms with Gasteiger partial charge in [-0.2, -0.15) is 5.10 Å². The number of aliphatic carboxylic acids is 1. The first-order valence-corrected chi connectivity index (χ1v) is 3.20. The summed E-state index contributed by atoms with van der Waals surface area (Å²) in [7, 11) is 0. The second-order valence-electron chi connectivity index (χ2n) is 2.08. The van der Waals surface area contributed by atoms with Crippen molar-refractivity contribution in [1.29, 1.82) is 0 Å². The fraction of sp³-hybridized carbons (Fsp3) is 0.143. The number of aromatic nitrogens is 2. The summed E-state index contributed by atoms with van der Waals surface area (Å²) in [4.78, 5) is 10.0. The molecule has 0 aliphatic carbocycles. The van der Waals surface area contributed by atoms with Crippen LogP contribution in [-0.2, 0) is 4.79 Å². The van der Waals surface area contributed by atoms with E-state index in [1.807, 2.05) is 0 Å². The minimum atomic E-state index is -0.949. The first-order chi connectivity index (χ1) is 5.68. The summed E-state index contributed by atoms with van der Waals surface area (Å²) in [5.74, 6) is 4.40. The molecule has 0 atom stereocenters. The fourth-order valence-electron chi connectivity index (χ4n) is 0.616. The van der Waals surface area contributed by atoms with Crippen molar-refractivity contribution in [3.05, 3.63) is 11.8 Å². The van der Waals surface area contributed by atoms with Gasteiger partial charge in [-0.1, -0.05) is 5.92 Å². The van der Waals surface area contributed by atoms with Crippen molar-refractivity contribution in [3.8, 4) is 11.8 Å². The number of hydrogen-bond donors (Lipinski definition) is 3. The van der Waals surface area contributed by atoms with Crippen molar-refractivity contribution in [2.24, 2.45) is 0 Å². The third-order valence-corrected chi connectivity index (χ3v) is 1.06. The topological polar surface area (TPSA) is 92.0 Å². The van der Waals surface area contributed by atoms with Gasteiger partial charge in [-0.05, 0) is 5.92 Å². The molecule has 0 saturated carbocycles. The Kier molecular flexibility index (Phi) is 2.33. The molecule has 5 nitrogen and oxygen atoms in total. The van der Waals surface area contributed by atoms with Gasteiger partial charge in [-0.3, -0.25) is 9.89 Å². The van der Waals surface area contributed by atoms with Gasteiger partial charge >= 0.3 is 5.97 Å². The molecular formula is C7H7N3O2. The van der Waals surface area contributed by atoms with Crippen LogP contribution in [0.3, 0.4) is 0 Å². The minimum absolute atomic E-state index is 0.182. The lowest BCUT2D eigenvalue weighted by Crippen LogP contribution is -1.90. The van der Waals surface area contributed by atoms with Gasteiger partial charge in [0.15, 0.2) is 0 Å². The molecular weight excluding hydrogens is 158 g/mol. The van der Waals surface area contributed by atoms with Crippen LogP contribution < -0.4 is 5.73 Å². The number of nitrogen functional groups attached to an aromatic ring is 1. The molecule has 1 heterocycles. The lowest BCUT2D eigenvalue weighted by Gasteiger charge is -1.78. The molecule has 0 radical (unpaired) electrons. The Labute approximate surface area is 68.6 Å². The van der Waals surface area contributed by atoms with Gasteiger partial charge in [-0.25, -0.2) is 0 Å². The minimum Gasteiger partial charge on any atom is -0.481 e. The lowest BCUT2D eigenvalue weighted by atomic mass is 10.4. The summed E-state index contributed by atoms with van der Waals surface area (Å²) in [6.45, 7) is 0. The summed E-state index contributed by atoms with van der Waals surface area (Å²) in [6, 6.07) is 1.54. The van der Waals surface area contributed by atoms with Crippen LogP contribution in [0.25, 0.3) is 0 Å². The zero-order valence-electron chi connectivity index (χ0n) is 6.16. The number of rotatable bonds is 1. The zero-order valence-corrected chi connectivity index (χ0v) is 6.16. The van der Waals surface area contributed by atoms with Gasteiger partial charge in [0.05, 0.1) is 0 Å². The average molecular weight is 165 g/mol. The third kappa shape index (κ3) is 2.34. The molecule has 0 aliphatic rings. The first-order valence-electron chi connectivity index (χ1n) is 3.20. The van der Waals surface area contributed by atoms with Gasteiger partial charge in [0, 0.05) is 6.07 Å². The van der Waals surface area contributed by atoms with Crippen LogP contribution in [-0.4, -0.2) is 21.3 Å². The number of carboxylic acids is 1. The third-order valence-electron chi connectivity index (χ3n) is 1.06. The SMILES string of the molecule is Nc1cc(C#CCC(=O)O)[nH]n1. The van der Waals surface area contributed by atoms with E-state index in [4.69, 9.17) is 10.8 Å². The number of anilines is 1. The quantitative estimate of drug-likeness (QED) is 0.503. The summed E-state index contributed by atoms with van der Waals surface area (Å²) in [6.07, 6.45) is -0.182. The standard InChI is InChI=1S/C7H7N3O2/c8-6-4-5(9-10-6)2-1-3-7(11)12/h4H,3H2,(H,11,12)(H3,8,9,10). The molecule has 0 unspecified atom stereocenters. The summed E-state index contributed by atoms with van der Waals surface area (Å²) >= 11 is 0. The molecule has 1 aromatic rings. The smallest absolute Gasteiger partial charge is 0.315 e. The van der Waals surface area contributed by atoms with Gasteiger partial charge in [0.25, 0.3) is 0 Å². The van der Waals surface area contributed by atoms with Gasteiger partial charge in [-0.15, -0.1) is 0 Å². The van der Waals surface area contributed by atoms with Crippen LogP contribution in [0, 0.1) is 11.8 Å². The average Bonchev–Trinajstić information content (AvgIpc) is 2.35. The summed E-state index contributed by atoms with van der Waals surface area (Å²) in [5.41, 5.74) is 5.81. The monoisotopic (exact) mass is 165 g/mol. The molecule has 0 spiro atoms. The number of nitrogens with zero attached hydrogens (tertiary/aromatic N) is 1. The Hall–Kier alpha value is -1.96. The van der Waals surface area contributed by atoms with Crippen LogP contribution in [0.15, 0.2) is 6.07 Å². The Morgan fingerprint density at radius 3 is 3.08 bits per heavy atom. The van der Waals surface area contributed by atoms with Crippen LogP contribution in [0.2, 0.25) is 0 Å². The van der Waals surface area contributed by atoms with E-state index in [1.54, 1.807) is 0 Å². The van der Waals surface area contributed by atoms with Crippen LogP contribution in [0.4, 0.5) is 5.82 Å². The van der Waals surface area contributed by atoms with E-state index in [1.165, 1.54) is 6.07 Å². The maximum Gasteiger partial charge on any atom is 0.315 e. The Balaban J connectivity index is 2.60. The number of H-pyrrole nitrogens is 1. The Bertz CT molecular complexity index is 345. The molecule has 0 saturated heterocycles. The van der Waals surface area contributed by atoms with Gasteiger partial charge in [0.2, 0.25) is 0 Å². The molecule has 0 aliphatic heterocycles. The molecule has 0 aromatic carbocycles. The van der Waals surface area contributed by atoms with Crippen LogP contribution >= 0.6 is 0 Å². The second kappa shape index (κ2) is 3.44. The van der Waals surface area contributed by atoms with Crippen molar-refractivity contribution < 1.29 is 9.90 Å². The van der Waals surface area contributed by atoms with E-state index in [9.17, 15) is 4.79 Å². The Morgan fingerprint density at radius 2 is 2.58 bits per heavy atom. The van der Waals surface area contributed by atoms with Crippen molar-refractivity contribution in [2.75, 3.05) is 5.73 Å². The molecule has 4 N–H and O–H groups in total. The van der Waals surface area contributed by atoms with E-state index >= 15 is 0 Å². The fourth-order valence-corrected chi connectivity index (χ4v) is 0.616. The van der Waals surface area contributed by atoms with Crippen molar-refractivity contribution in [1.82, 2.24) is 10.2 Å². The van der Waals surface area contributed by atoms with E-state index < -0.39 is 5.97 Å². The number of carbonyl (C=O) groups is 1. The predicted molar refractivity (Wildman–Crippen MR) is 42.1 cm³/mol. The molecule has 0 fully saturated rings. The normalized spacial score (nSPS) is 8.67. The largest absolute Gasteiger partial charge is 0.481 e. The Morgan fingerprint density at radius 1 is 1.83 bits per heavy atom. The van der Waals surface area contributed by atoms with E-state index in [0.717, 1.165) is 0 Å². The molecule has 62 valence electrons. The molecule has 5 heteroatoms. The van der Waals surface area contributed by atoms with Crippen LogP contribution in [0.1, 0.15) is 12.1 Å². The second-order valence-corrected chi connectivity index (χ2v) is 2.08. The number of hydrogen-bond acceptors (Lipinski definition) is 3. The molecule has 12 heavy (non-hydrogen) atoms. The van der Waals surface area contributed by atoms with Crippen LogP contribution in [0.5, 0.6) is 0 Å². The highest BCUT2D eigenvalue weighted by Crippen LogP contribution is 1.97. The van der Waals surface area contributed by atoms with Crippen molar-refractivity contribution >= 4 is 11.8 Å². The van der Waals surface area contributed by atoms with E-state index in [2.05, 4.69) is 22.0 Å². The highest BCUT2D eigenvalue weighted by Gasteiger charge is 1.92. The van der Waals surface area contributed by atoms with Crippen molar-refractivity contribution in [2.45, 2.75) is 6.42 Å². The number of nitrogens with two attached hydrogens (primary N) is 1. The summed E-state index contributed by atoms with van der Waals surface area (Å²) in [5, 5.41) is 14.4. The first kappa shape index (κ1) is 8.14. The highest BCUT2D eigenvalue weighted by molar-refractivity contribution is 5.70.